The predicted molar refractivity (Wildman–Crippen MR) is 60.5 cm³/mol. The number of rotatable bonds is 1. The smallest absolute Gasteiger partial charge is 0.0165 e. The van der Waals surface area contributed by atoms with Crippen LogP contribution in [-0.4, -0.2) is 47.6 Å². The monoisotopic (exact) mass is 196 g/mol. The summed E-state index contributed by atoms with van der Waals surface area (Å²) in [5.74, 6) is 0.961. The first kappa shape index (κ1) is 10.4. The molecule has 0 saturated carbocycles. The zero-order valence-electron chi connectivity index (χ0n) is 10.1. The van der Waals surface area contributed by atoms with Crippen LogP contribution in [0.4, 0.5) is 0 Å². The van der Waals surface area contributed by atoms with Gasteiger partial charge in [-0.25, -0.2) is 0 Å². The zero-order valence-corrected chi connectivity index (χ0v) is 10.1. The average molecular weight is 196 g/mol. The van der Waals surface area contributed by atoms with Gasteiger partial charge in [-0.2, -0.15) is 0 Å². The van der Waals surface area contributed by atoms with Gasteiger partial charge in [0.25, 0.3) is 0 Å². The molecule has 2 heteroatoms. The molecule has 2 rings (SSSR count). The van der Waals surface area contributed by atoms with Gasteiger partial charge in [0.2, 0.25) is 0 Å². The van der Waals surface area contributed by atoms with E-state index < -0.39 is 0 Å². The van der Waals surface area contributed by atoms with Crippen molar-refractivity contribution in [1.82, 2.24) is 9.80 Å². The van der Waals surface area contributed by atoms with Crippen molar-refractivity contribution in [1.29, 1.82) is 0 Å². The van der Waals surface area contributed by atoms with E-state index >= 15 is 0 Å². The molecular formula is C12H24N2. The molecule has 2 unspecified atom stereocenters. The van der Waals surface area contributed by atoms with Gasteiger partial charge < -0.3 is 4.90 Å². The molecule has 2 aliphatic heterocycles. The minimum atomic E-state index is 0.384. The highest BCUT2D eigenvalue weighted by Gasteiger charge is 2.46. The quantitative estimate of drug-likeness (QED) is 0.631. The molecule has 0 N–H and O–H groups in total. The highest BCUT2D eigenvalue weighted by atomic mass is 15.3. The van der Waals surface area contributed by atoms with Gasteiger partial charge in [-0.05, 0) is 46.2 Å². The fraction of sp³-hybridized carbons (Fsp3) is 1.00. The second-order valence-corrected chi connectivity index (χ2v) is 5.83. The van der Waals surface area contributed by atoms with Crippen LogP contribution in [-0.2, 0) is 0 Å². The zero-order chi connectivity index (χ0) is 10.3. The second kappa shape index (κ2) is 3.49. The lowest BCUT2D eigenvalue weighted by atomic mass is 9.79. The van der Waals surface area contributed by atoms with Crippen molar-refractivity contribution in [3.63, 3.8) is 0 Å². The second-order valence-electron chi connectivity index (χ2n) is 5.83. The molecule has 2 atom stereocenters. The lowest BCUT2D eigenvalue weighted by Crippen LogP contribution is -2.68. The van der Waals surface area contributed by atoms with Crippen LogP contribution in [0.2, 0.25) is 0 Å². The van der Waals surface area contributed by atoms with Crippen LogP contribution in [0, 0.1) is 5.92 Å². The van der Waals surface area contributed by atoms with Crippen LogP contribution in [0.25, 0.3) is 0 Å². The van der Waals surface area contributed by atoms with Crippen molar-refractivity contribution in [2.45, 2.75) is 45.7 Å². The topological polar surface area (TPSA) is 6.48 Å². The summed E-state index contributed by atoms with van der Waals surface area (Å²) < 4.78 is 0. The summed E-state index contributed by atoms with van der Waals surface area (Å²) in [6.45, 7) is 14.5. The van der Waals surface area contributed by atoms with E-state index in [-0.39, 0.29) is 0 Å². The van der Waals surface area contributed by atoms with E-state index in [1.54, 1.807) is 0 Å². The molecule has 0 aromatic heterocycles. The van der Waals surface area contributed by atoms with Gasteiger partial charge in [0.05, 0.1) is 0 Å². The molecule has 0 amide bonds. The Hall–Kier alpha value is -0.0800. The van der Waals surface area contributed by atoms with E-state index in [0.717, 1.165) is 12.0 Å². The summed E-state index contributed by atoms with van der Waals surface area (Å²) in [6.07, 6.45) is 1.38. The summed E-state index contributed by atoms with van der Waals surface area (Å²) in [5.41, 5.74) is 0.384. The molecule has 2 aliphatic rings. The molecule has 0 bridgehead atoms. The third-order valence-electron chi connectivity index (χ3n) is 3.92. The number of hydrogen-bond acceptors (Lipinski definition) is 2. The van der Waals surface area contributed by atoms with Crippen molar-refractivity contribution in [2.75, 3.05) is 26.2 Å². The fourth-order valence-electron chi connectivity index (χ4n) is 2.99. The first-order valence-electron chi connectivity index (χ1n) is 6.01. The van der Waals surface area contributed by atoms with Crippen molar-refractivity contribution < 1.29 is 0 Å². The van der Waals surface area contributed by atoms with Crippen LogP contribution < -0.4 is 0 Å². The Labute approximate surface area is 88.3 Å². The Morgan fingerprint density at radius 2 is 1.93 bits per heavy atom. The van der Waals surface area contributed by atoms with Gasteiger partial charge in [0, 0.05) is 24.7 Å². The summed E-state index contributed by atoms with van der Waals surface area (Å²) >= 11 is 0. The third-order valence-corrected chi connectivity index (χ3v) is 3.92. The molecule has 0 aromatic rings. The van der Waals surface area contributed by atoms with Gasteiger partial charge in [-0.3, -0.25) is 4.90 Å². The number of piperidine rings is 1. The van der Waals surface area contributed by atoms with Gasteiger partial charge in [-0.1, -0.05) is 6.92 Å². The normalized spacial score (nSPS) is 35.1. The summed E-state index contributed by atoms with van der Waals surface area (Å²) in [7, 11) is 0. The first-order valence-corrected chi connectivity index (χ1v) is 6.01. The Morgan fingerprint density at radius 1 is 1.21 bits per heavy atom. The van der Waals surface area contributed by atoms with E-state index in [1.165, 1.54) is 32.6 Å². The Kier molecular flexibility index (Phi) is 2.61. The van der Waals surface area contributed by atoms with Crippen molar-refractivity contribution in [3.8, 4) is 0 Å². The molecular weight excluding hydrogens is 172 g/mol. The first-order chi connectivity index (χ1) is 6.52. The van der Waals surface area contributed by atoms with Crippen LogP contribution in [0.3, 0.4) is 0 Å². The number of likely N-dealkylation sites (tertiary alicyclic amines) is 2. The van der Waals surface area contributed by atoms with E-state index in [4.69, 9.17) is 0 Å². The molecule has 82 valence electrons. The summed E-state index contributed by atoms with van der Waals surface area (Å²) in [5, 5.41) is 0. The number of nitrogens with zero attached hydrogens (tertiary/aromatic N) is 2. The Balaban J connectivity index is 1.91. The average Bonchev–Trinajstić information content (AvgIpc) is 2.04. The summed E-state index contributed by atoms with van der Waals surface area (Å²) in [6, 6.07) is 0.887. The summed E-state index contributed by atoms with van der Waals surface area (Å²) in [4.78, 5) is 5.28. The SMILES string of the molecule is CCN1CCC2C(C1)CN2C(C)(C)C. The maximum Gasteiger partial charge on any atom is 0.0165 e. The van der Waals surface area contributed by atoms with Crippen molar-refractivity contribution in [3.05, 3.63) is 0 Å². The van der Waals surface area contributed by atoms with Crippen LogP contribution in [0.5, 0.6) is 0 Å². The van der Waals surface area contributed by atoms with Crippen LogP contribution in [0.15, 0.2) is 0 Å². The highest BCUT2D eigenvalue weighted by Crippen LogP contribution is 2.37. The highest BCUT2D eigenvalue weighted by molar-refractivity contribution is 5.01. The minimum absolute atomic E-state index is 0.384. The third kappa shape index (κ3) is 1.70. The van der Waals surface area contributed by atoms with Gasteiger partial charge in [0.15, 0.2) is 0 Å². The molecule has 2 heterocycles. The molecule has 2 nitrogen and oxygen atoms in total. The van der Waals surface area contributed by atoms with Crippen LogP contribution >= 0.6 is 0 Å². The molecule has 2 fully saturated rings. The predicted octanol–water partition coefficient (Wildman–Crippen LogP) is 1.81. The Bertz CT molecular complexity index is 207. The molecule has 0 radical (unpaired) electrons. The standard InChI is InChI=1S/C12H24N2/c1-5-13-7-6-11-10(8-13)9-14(11)12(2,3)4/h10-11H,5-9H2,1-4H3. The van der Waals surface area contributed by atoms with Gasteiger partial charge in [-0.15, -0.1) is 0 Å². The van der Waals surface area contributed by atoms with Gasteiger partial charge >= 0.3 is 0 Å². The molecule has 0 aromatic carbocycles. The minimum Gasteiger partial charge on any atom is -0.303 e. The lowest BCUT2D eigenvalue weighted by Gasteiger charge is -2.58. The maximum absolute atomic E-state index is 2.69. The van der Waals surface area contributed by atoms with Crippen molar-refractivity contribution in [2.24, 2.45) is 5.92 Å². The number of hydrogen-bond donors (Lipinski definition) is 0. The largest absolute Gasteiger partial charge is 0.303 e. The van der Waals surface area contributed by atoms with Crippen LogP contribution in [0.1, 0.15) is 34.1 Å². The van der Waals surface area contributed by atoms with E-state index in [0.29, 0.717) is 5.54 Å². The van der Waals surface area contributed by atoms with E-state index in [2.05, 4.69) is 37.5 Å². The van der Waals surface area contributed by atoms with Gasteiger partial charge in [0.1, 0.15) is 0 Å². The molecule has 14 heavy (non-hydrogen) atoms. The van der Waals surface area contributed by atoms with E-state index in [1.807, 2.05) is 0 Å². The van der Waals surface area contributed by atoms with Crippen molar-refractivity contribution >= 4 is 0 Å². The maximum atomic E-state index is 2.69. The lowest BCUT2D eigenvalue weighted by molar-refractivity contribution is -0.0919. The molecule has 0 aliphatic carbocycles. The Morgan fingerprint density at radius 3 is 2.43 bits per heavy atom. The van der Waals surface area contributed by atoms with E-state index in [9.17, 15) is 0 Å². The molecule has 2 saturated heterocycles. The number of fused-ring (bicyclic) bond motifs is 1. The fourth-order valence-corrected chi connectivity index (χ4v) is 2.99. The molecule has 0 spiro atoms.